The van der Waals surface area contributed by atoms with Crippen molar-refractivity contribution in [3.8, 4) is 6.07 Å². The smallest absolute Gasteiger partial charge is 0.103 e. The number of nitrogens with zero attached hydrogens (tertiary/aromatic N) is 2. The first-order valence-electron chi connectivity index (χ1n) is 4.32. The summed E-state index contributed by atoms with van der Waals surface area (Å²) >= 11 is 6.10. The van der Waals surface area contributed by atoms with Gasteiger partial charge in [0.15, 0.2) is 0 Å². The van der Waals surface area contributed by atoms with Crippen LogP contribution in [0.3, 0.4) is 0 Å². The molecule has 1 aromatic heterocycles. The SMILES string of the molecule is Cc1nc2c(c(Cl)c1C#N)CCC2. The molecule has 0 saturated carbocycles. The monoisotopic (exact) mass is 192 g/mol. The summed E-state index contributed by atoms with van der Waals surface area (Å²) in [5.74, 6) is 0. The maximum Gasteiger partial charge on any atom is 0.103 e. The van der Waals surface area contributed by atoms with Crippen molar-refractivity contribution in [3.63, 3.8) is 0 Å². The summed E-state index contributed by atoms with van der Waals surface area (Å²) in [6, 6.07) is 2.10. The van der Waals surface area contributed by atoms with E-state index in [4.69, 9.17) is 16.9 Å². The third kappa shape index (κ3) is 1.20. The molecule has 1 aliphatic carbocycles. The topological polar surface area (TPSA) is 36.7 Å². The minimum Gasteiger partial charge on any atom is -0.256 e. The summed E-state index contributed by atoms with van der Waals surface area (Å²) < 4.78 is 0. The zero-order chi connectivity index (χ0) is 9.42. The van der Waals surface area contributed by atoms with Crippen molar-refractivity contribution < 1.29 is 0 Å². The van der Waals surface area contributed by atoms with Crippen molar-refractivity contribution in [3.05, 3.63) is 27.5 Å². The molecular weight excluding hydrogens is 184 g/mol. The van der Waals surface area contributed by atoms with Gasteiger partial charge in [-0.25, -0.2) is 0 Å². The lowest BCUT2D eigenvalue weighted by Gasteiger charge is -2.05. The minimum atomic E-state index is 0.544. The minimum absolute atomic E-state index is 0.544. The highest BCUT2D eigenvalue weighted by molar-refractivity contribution is 6.32. The Labute approximate surface area is 82.2 Å². The average Bonchev–Trinajstić information content (AvgIpc) is 2.53. The van der Waals surface area contributed by atoms with E-state index in [0.29, 0.717) is 10.6 Å². The molecule has 0 radical (unpaired) electrons. The highest BCUT2D eigenvalue weighted by atomic mass is 35.5. The highest BCUT2D eigenvalue weighted by Gasteiger charge is 2.19. The second-order valence-corrected chi connectivity index (χ2v) is 3.65. The number of aryl methyl sites for hydroxylation is 2. The molecule has 1 aliphatic rings. The van der Waals surface area contributed by atoms with E-state index in [2.05, 4.69) is 11.1 Å². The lowest BCUT2D eigenvalue weighted by atomic mass is 10.1. The maximum absolute atomic E-state index is 8.86. The fourth-order valence-corrected chi connectivity index (χ4v) is 2.17. The number of fused-ring (bicyclic) bond motifs is 1. The molecule has 0 fully saturated rings. The van der Waals surface area contributed by atoms with Crippen LogP contribution in [0.15, 0.2) is 0 Å². The zero-order valence-corrected chi connectivity index (χ0v) is 8.15. The normalized spacial score (nSPS) is 13.9. The molecule has 3 heteroatoms. The first kappa shape index (κ1) is 8.52. The Morgan fingerprint density at radius 3 is 2.92 bits per heavy atom. The van der Waals surface area contributed by atoms with Crippen LogP contribution in [0.4, 0.5) is 0 Å². The van der Waals surface area contributed by atoms with E-state index >= 15 is 0 Å². The predicted molar refractivity (Wildman–Crippen MR) is 50.7 cm³/mol. The fraction of sp³-hybridized carbons (Fsp3) is 0.400. The molecule has 66 valence electrons. The Hall–Kier alpha value is -1.07. The summed E-state index contributed by atoms with van der Waals surface area (Å²) in [7, 11) is 0. The third-order valence-corrected chi connectivity index (χ3v) is 2.87. The van der Waals surface area contributed by atoms with Crippen LogP contribution in [0.5, 0.6) is 0 Å². The quantitative estimate of drug-likeness (QED) is 0.633. The molecule has 13 heavy (non-hydrogen) atoms. The van der Waals surface area contributed by atoms with Gasteiger partial charge in [-0.15, -0.1) is 0 Å². The van der Waals surface area contributed by atoms with Gasteiger partial charge in [0.1, 0.15) is 6.07 Å². The number of nitriles is 1. The van der Waals surface area contributed by atoms with Gasteiger partial charge in [-0.2, -0.15) is 5.26 Å². The largest absolute Gasteiger partial charge is 0.256 e. The van der Waals surface area contributed by atoms with Crippen LogP contribution in [-0.2, 0) is 12.8 Å². The molecule has 0 amide bonds. The van der Waals surface area contributed by atoms with Crippen molar-refractivity contribution in [2.24, 2.45) is 0 Å². The first-order valence-corrected chi connectivity index (χ1v) is 4.69. The molecule has 0 atom stereocenters. The molecule has 0 saturated heterocycles. The van der Waals surface area contributed by atoms with Crippen LogP contribution in [0.1, 0.15) is 28.9 Å². The van der Waals surface area contributed by atoms with Gasteiger partial charge in [0.05, 0.1) is 16.3 Å². The second kappa shape index (κ2) is 3.01. The van der Waals surface area contributed by atoms with Crippen molar-refractivity contribution in [1.29, 1.82) is 5.26 Å². The van der Waals surface area contributed by atoms with Crippen LogP contribution in [0, 0.1) is 18.3 Å². The number of hydrogen-bond acceptors (Lipinski definition) is 2. The summed E-state index contributed by atoms with van der Waals surface area (Å²) in [5, 5.41) is 9.48. The van der Waals surface area contributed by atoms with Crippen molar-refractivity contribution in [2.45, 2.75) is 26.2 Å². The summed E-state index contributed by atoms with van der Waals surface area (Å²) in [5.41, 5.74) is 3.47. The Morgan fingerprint density at radius 1 is 1.46 bits per heavy atom. The molecule has 1 heterocycles. The van der Waals surface area contributed by atoms with E-state index in [-0.39, 0.29) is 0 Å². The van der Waals surface area contributed by atoms with E-state index in [1.807, 2.05) is 6.92 Å². The molecule has 0 spiro atoms. The van der Waals surface area contributed by atoms with Crippen LogP contribution in [0.2, 0.25) is 5.02 Å². The molecule has 2 rings (SSSR count). The van der Waals surface area contributed by atoms with Gasteiger partial charge in [-0.1, -0.05) is 11.6 Å². The van der Waals surface area contributed by atoms with Crippen LogP contribution >= 0.6 is 11.6 Å². The van der Waals surface area contributed by atoms with E-state index in [9.17, 15) is 0 Å². The highest BCUT2D eigenvalue weighted by Crippen LogP contribution is 2.31. The van der Waals surface area contributed by atoms with Gasteiger partial charge in [0.25, 0.3) is 0 Å². The lowest BCUT2D eigenvalue weighted by Crippen LogP contribution is -1.97. The van der Waals surface area contributed by atoms with E-state index < -0.39 is 0 Å². The van der Waals surface area contributed by atoms with Gasteiger partial charge in [0, 0.05) is 5.69 Å². The Bertz CT molecular complexity index is 404. The van der Waals surface area contributed by atoms with Gasteiger partial charge >= 0.3 is 0 Å². The molecule has 0 unspecified atom stereocenters. The molecule has 0 bridgehead atoms. The average molecular weight is 193 g/mol. The zero-order valence-electron chi connectivity index (χ0n) is 7.39. The van der Waals surface area contributed by atoms with Crippen molar-refractivity contribution >= 4 is 11.6 Å². The summed E-state index contributed by atoms with van der Waals surface area (Å²) in [6.45, 7) is 1.84. The molecule has 0 aliphatic heterocycles. The standard InChI is InChI=1S/C10H9ClN2/c1-6-8(5-12)10(11)7-3-2-4-9(7)13-6/h2-4H2,1H3. The number of halogens is 1. The first-order chi connectivity index (χ1) is 6.24. The number of rotatable bonds is 0. The predicted octanol–water partition coefficient (Wildman–Crippen LogP) is 2.40. The van der Waals surface area contributed by atoms with Crippen LogP contribution in [-0.4, -0.2) is 4.98 Å². The maximum atomic E-state index is 8.86. The molecule has 2 nitrogen and oxygen atoms in total. The molecule has 1 aromatic rings. The van der Waals surface area contributed by atoms with E-state index in [1.165, 1.54) is 0 Å². The van der Waals surface area contributed by atoms with Crippen LogP contribution in [0.25, 0.3) is 0 Å². The van der Waals surface area contributed by atoms with Gasteiger partial charge in [0.2, 0.25) is 0 Å². The Balaban J connectivity index is 2.71. The number of pyridine rings is 1. The lowest BCUT2D eigenvalue weighted by molar-refractivity contribution is 0.896. The van der Waals surface area contributed by atoms with Crippen molar-refractivity contribution in [1.82, 2.24) is 4.98 Å². The summed E-state index contributed by atoms with van der Waals surface area (Å²) in [4.78, 5) is 4.38. The molecule has 0 aromatic carbocycles. The van der Waals surface area contributed by atoms with Crippen molar-refractivity contribution in [2.75, 3.05) is 0 Å². The molecule has 0 N–H and O–H groups in total. The summed E-state index contributed by atoms with van der Waals surface area (Å²) in [6.07, 6.45) is 3.08. The van der Waals surface area contributed by atoms with Gasteiger partial charge in [-0.3, -0.25) is 4.98 Å². The van der Waals surface area contributed by atoms with E-state index in [0.717, 1.165) is 36.2 Å². The van der Waals surface area contributed by atoms with Gasteiger partial charge < -0.3 is 0 Å². The Kier molecular flexibility index (Phi) is 1.97. The fourth-order valence-electron chi connectivity index (χ4n) is 1.79. The van der Waals surface area contributed by atoms with E-state index in [1.54, 1.807) is 0 Å². The number of aromatic nitrogens is 1. The number of hydrogen-bond donors (Lipinski definition) is 0. The Morgan fingerprint density at radius 2 is 2.23 bits per heavy atom. The van der Waals surface area contributed by atoms with Gasteiger partial charge in [-0.05, 0) is 31.7 Å². The third-order valence-electron chi connectivity index (χ3n) is 2.45. The van der Waals surface area contributed by atoms with Crippen LogP contribution < -0.4 is 0 Å². The second-order valence-electron chi connectivity index (χ2n) is 3.28. The molecular formula is C10H9ClN2.